The van der Waals surface area contributed by atoms with Crippen LogP contribution in [0, 0.1) is 5.92 Å². The standard InChI is InChI=1S/C14H14O6/c1-17-10-7-8(9-5-4-6-20-9)11(13(15)18-2)12(10)14(16)19-3/h4-7,12H,1-3H3. The van der Waals surface area contributed by atoms with Crippen molar-refractivity contribution in [2.75, 3.05) is 21.3 Å². The molecule has 2 rings (SSSR count). The van der Waals surface area contributed by atoms with Gasteiger partial charge in [-0.25, -0.2) is 4.79 Å². The molecule has 1 aromatic rings. The third-order valence-electron chi connectivity index (χ3n) is 3.01. The van der Waals surface area contributed by atoms with Crippen molar-refractivity contribution in [1.29, 1.82) is 0 Å². The van der Waals surface area contributed by atoms with E-state index in [2.05, 4.69) is 0 Å². The van der Waals surface area contributed by atoms with Gasteiger partial charge < -0.3 is 18.6 Å². The zero-order valence-corrected chi connectivity index (χ0v) is 11.3. The van der Waals surface area contributed by atoms with Crippen LogP contribution in [-0.4, -0.2) is 33.3 Å². The van der Waals surface area contributed by atoms with Crippen LogP contribution in [0.25, 0.3) is 5.57 Å². The Morgan fingerprint density at radius 2 is 1.95 bits per heavy atom. The summed E-state index contributed by atoms with van der Waals surface area (Å²) in [6.07, 6.45) is 3.05. The molecule has 1 unspecified atom stereocenters. The summed E-state index contributed by atoms with van der Waals surface area (Å²) in [6, 6.07) is 3.37. The van der Waals surface area contributed by atoms with E-state index >= 15 is 0 Å². The van der Waals surface area contributed by atoms with Gasteiger partial charge in [0, 0.05) is 5.57 Å². The van der Waals surface area contributed by atoms with Gasteiger partial charge in [-0.2, -0.15) is 0 Å². The van der Waals surface area contributed by atoms with Crippen molar-refractivity contribution in [3.8, 4) is 0 Å². The van der Waals surface area contributed by atoms with Crippen LogP contribution in [0.1, 0.15) is 5.76 Å². The molecule has 0 aliphatic heterocycles. The second kappa shape index (κ2) is 5.64. The first-order chi connectivity index (χ1) is 9.63. The molecule has 0 spiro atoms. The lowest BCUT2D eigenvalue weighted by molar-refractivity contribution is -0.147. The highest BCUT2D eigenvalue weighted by molar-refractivity contribution is 6.07. The minimum Gasteiger partial charge on any atom is -0.500 e. The number of carbonyl (C=O) groups excluding carboxylic acids is 2. The molecule has 6 nitrogen and oxygen atoms in total. The van der Waals surface area contributed by atoms with Crippen molar-refractivity contribution in [1.82, 2.24) is 0 Å². The first kappa shape index (κ1) is 13.9. The number of carbonyl (C=O) groups is 2. The summed E-state index contributed by atoms with van der Waals surface area (Å²) in [6.45, 7) is 0. The predicted octanol–water partition coefficient (Wildman–Crippen LogP) is 1.54. The van der Waals surface area contributed by atoms with Crippen molar-refractivity contribution < 1.29 is 28.2 Å². The van der Waals surface area contributed by atoms with Crippen LogP contribution in [0.4, 0.5) is 0 Å². The maximum Gasteiger partial charge on any atom is 0.335 e. The van der Waals surface area contributed by atoms with Gasteiger partial charge in [0.2, 0.25) is 0 Å². The molecule has 0 bridgehead atoms. The van der Waals surface area contributed by atoms with E-state index < -0.39 is 17.9 Å². The van der Waals surface area contributed by atoms with Crippen LogP contribution in [-0.2, 0) is 23.8 Å². The number of allylic oxidation sites excluding steroid dienone is 2. The van der Waals surface area contributed by atoms with E-state index in [1.165, 1.54) is 27.6 Å². The highest BCUT2D eigenvalue weighted by atomic mass is 16.5. The molecular weight excluding hydrogens is 264 g/mol. The second-order valence-electron chi connectivity index (χ2n) is 4.00. The summed E-state index contributed by atoms with van der Waals surface area (Å²) in [5.41, 5.74) is 0.597. The SMILES string of the molecule is COC(=O)C1=C(c2ccco2)C=C(OC)C1C(=O)OC. The molecule has 0 aromatic carbocycles. The summed E-state index contributed by atoms with van der Waals surface area (Å²) >= 11 is 0. The third-order valence-corrected chi connectivity index (χ3v) is 3.01. The Morgan fingerprint density at radius 1 is 1.20 bits per heavy atom. The van der Waals surface area contributed by atoms with Gasteiger partial charge in [-0.1, -0.05) is 0 Å². The number of methoxy groups -OCH3 is 3. The number of hydrogen-bond acceptors (Lipinski definition) is 6. The van der Waals surface area contributed by atoms with E-state index in [-0.39, 0.29) is 5.57 Å². The fourth-order valence-electron chi connectivity index (χ4n) is 2.10. The molecular formula is C14H14O6. The number of ether oxygens (including phenoxy) is 3. The lowest BCUT2D eigenvalue weighted by atomic mass is 9.98. The molecule has 1 aliphatic rings. The van der Waals surface area contributed by atoms with Gasteiger partial charge in [0.15, 0.2) is 0 Å². The number of esters is 2. The molecule has 106 valence electrons. The van der Waals surface area contributed by atoms with Crippen LogP contribution in [0.2, 0.25) is 0 Å². The molecule has 20 heavy (non-hydrogen) atoms. The Hall–Kier alpha value is -2.50. The molecule has 1 aliphatic carbocycles. The largest absolute Gasteiger partial charge is 0.500 e. The van der Waals surface area contributed by atoms with Gasteiger partial charge in [0.05, 0.1) is 33.2 Å². The Morgan fingerprint density at radius 3 is 2.45 bits per heavy atom. The van der Waals surface area contributed by atoms with Gasteiger partial charge in [-0.05, 0) is 18.2 Å². The molecule has 0 radical (unpaired) electrons. The van der Waals surface area contributed by atoms with Crippen molar-refractivity contribution in [3.05, 3.63) is 41.6 Å². The van der Waals surface area contributed by atoms with Gasteiger partial charge in [-0.3, -0.25) is 4.79 Å². The molecule has 0 fully saturated rings. The Labute approximate surface area is 115 Å². The smallest absolute Gasteiger partial charge is 0.335 e. The maximum absolute atomic E-state index is 12.0. The molecule has 0 N–H and O–H groups in total. The average Bonchev–Trinajstić information content (AvgIpc) is 3.11. The first-order valence-electron chi connectivity index (χ1n) is 5.83. The number of rotatable bonds is 4. The molecule has 0 saturated heterocycles. The lowest BCUT2D eigenvalue weighted by Gasteiger charge is -2.14. The topological polar surface area (TPSA) is 75.0 Å². The van der Waals surface area contributed by atoms with Crippen molar-refractivity contribution >= 4 is 17.5 Å². The highest BCUT2D eigenvalue weighted by Crippen LogP contribution is 2.39. The van der Waals surface area contributed by atoms with Crippen molar-refractivity contribution in [2.24, 2.45) is 5.92 Å². The van der Waals surface area contributed by atoms with Crippen LogP contribution in [0.15, 0.2) is 40.2 Å². The van der Waals surface area contributed by atoms with Gasteiger partial charge >= 0.3 is 11.9 Å². The van der Waals surface area contributed by atoms with Gasteiger partial charge in [-0.15, -0.1) is 0 Å². The van der Waals surface area contributed by atoms with Crippen LogP contribution in [0.5, 0.6) is 0 Å². The quantitative estimate of drug-likeness (QED) is 0.778. The predicted molar refractivity (Wildman–Crippen MR) is 68.2 cm³/mol. The molecule has 1 aromatic heterocycles. The summed E-state index contributed by atoms with van der Waals surface area (Å²) in [4.78, 5) is 23.9. The first-order valence-corrected chi connectivity index (χ1v) is 5.83. The van der Waals surface area contributed by atoms with E-state index in [0.717, 1.165) is 0 Å². The zero-order chi connectivity index (χ0) is 14.7. The van der Waals surface area contributed by atoms with Gasteiger partial charge in [0.25, 0.3) is 0 Å². The summed E-state index contributed by atoms with van der Waals surface area (Å²) < 4.78 is 19.9. The minimum atomic E-state index is -0.947. The van der Waals surface area contributed by atoms with E-state index in [1.54, 1.807) is 18.2 Å². The third kappa shape index (κ3) is 2.20. The van der Waals surface area contributed by atoms with Crippen LogP contribution in [0.3, 0.4) is 0 Å². The van der Waals surface area contributed by atoms with Crippen molar-refractivity contribution in [3.63, 3.8) is 0 Å². The molecule has 6 heteroatoms. The van der Waals surface area contributed by atoms with E-state index in [1.807, 2.05) is 0 Å². The average molecular weight is 278 g/mol. The highest BCUT2D eigenvalue weighted by Gasteiger charge is 2.41. The van der Waals surface area contributed by atoms with Crippen molar-refractivity contribution in [2.45, 2.75) is 0 Å². The second-order valence-corrected chi connectivity index (χ2v) is 4.00. The summed E-state index contributed by atoms with van der Waals surface area (Å²) in [5.74, 6) is -1.41. The van der Waals surface area contributed by atoms with Crippen LogP contribution >= 0.6 is 0 Å². The van der Waals surface area contributed by atoms with Gasteiger partial charge in [0.1, 0.15) is 17.4 Å². The molecule has 0 saturated carbocycles. The zero-order valence-electron chi connectivity index (χ0n) is 11.3. The van der Waals surface area contributed by atoms with E-state index in [4.69, 9.17) is 18.6 Å². The monoisotopic (exact) mass is 278 g/mol. The molecule has 1 heterocycles. The van der Waals surface area contributed by atoms with E-state index in [9.17, 15) is 9.59 Å². The fraction of sp³-hybridized carbons (Fsp3) is 0.286. The Balaban J connectivity index is 2.58. The van der Waals surface area contributed by atoms with E-state index in [0.29, 0.717) is 17.1 Å². The summed E-state index contributed by atoms with van der Waals surface area (Å²) in [7, 11) is 3.91. The lowest BCUT2D eigenvalue weighted by Crippen LogP contribution is -2.24. The Bertz CT molecular complexity index is 579. The molecule has 1 atom stereocenters. The summed E-state index contributed by atoms with van der Waals surface area (Å²) in [5, 5.41) is 0. The Kier molecular flexibility index (Phi) is 3.93. The molecule has 0 amide bonds. The maximum atomic E-state index is 12.0. The fourth-order valence-corrected chi connectivity index (χ4v) is 2.10. The number of hydrogen-bond donors (Lipinski definition) is 0. The number of furan rings is 1. The minimum absolute atomic E-state index is 0.145. The van der Waals surface area contributed by atoms with Crippen LogP contribution < -0.4 is 0 Å². The normalized spacial score (nSPS) is 17.8.